The number of carbonyl (C=O) groups excluding carboxylic acids is 3. The molecule has 3 amide bonds. The van der Waals surface area contributed by atoms with Crippen molar-refractivity contribution in [2.45, 2.75) is 88.3 Å². The van der Waals surface area contributed by atoms with Crippen LogP contribution in [-0.4, -0.2) is 121 Å². The molecule has 1 unspecified atom stereocenters. The molecule has 4 aromatic heterocycles. The van der Waals surface area contributed by atoms with Crippen LogP contribution in [0, 0.1) is 17.8 Å². The summed E-state index contributed by atoms with van der Waals surface area (Å²) in [6.45, 7) is 4.64. The standard InChI is InChI=1S/C44H51F3N12O5/c1-44(47)25-56(16-14-33(44)63-19-4-6-27-5-3-7-29-37(53-55(2)39(27)29)30-12-13-36(60)52-42(30)61)22-26-8-10-28(11-9-26)59-23-32(38(54-59)40(45)46)50-43(62)31-21-49-58-17-15-35(51-41(31)58)57-18-20-64-34(48)24-57/h3,5,7,15,17,21,23,26,28,30,33-34,40H,8-14,16,18-20,22,24-25,48H2,1-2H3,(H,50,62)(H,52,60,61)/t26?,28?,30?,33-,34-,44-/m0/s1. The minimum Gasteiger partial charge on any atom is -0.362 e. The minimum absolute atomic E-state index is 0.0403. The lowest BCUT2D eigenvalue weighted by Gasteiger charge is -2.42. The normalized spacial score (nSPS) is 25.7. The molecule has 64 heavy (non-hydrogen) atoms. The average molecular weight is 885 g/mol. The molecular formula is C44H51F3N12O5. The summed E-state index contributed by atoms with van der Waals surface area (Å²) >= 11 is 0. The number of morpholine rings is 1. The van der Waals surface area contributed by atoms with E-state index in [1.807, 2.05) is 23.1 Å². The van der Waals surface area contributed by atoms with Gasteiger partial charge in [0.25, 0.3) is 12.3 Å². The summed E-state index contributed by atoms with van der Waals surface area (Å²) in [5, 5.41) is 18.9. The molecule has 9 rings (SSSR count). The molecule has 17 nitrogen and oxygen atoms in total. The monoisotopic (exact) mass is 884 g/mol. The Morgan fingerprint density at radius 1 is 1.12 bits per heavy atom. The van der Waals surface area contributed by atoms with E-state index in [1.165, 1.54) is 16.9 Å². The Hall–Kier alpha value is -5.88. The van der Waals surface area contributed by atoms with Gasteiger partial charge < -0.3 is 25.4 Å². The molecule has 1 saturated carbocycles. The van der Waals surface area contributed by atoms with E-state index < -0.39 is 41.9 Å². The molecule has 1 aromatic carbocycles. The van der Waals surface area contributed by atoms with Gasteiger partial charge in [0.15, 0.2) is 11.3 Å². The van der Waals surface area contributed by atoms with Crippen molar-refractivity contribution in [1.29, 1.82) is 0 Å². The van der Waals surface area contributed by atoms with E-state index in [4.69, 9.17) is 15.2 Å². The number of benzene rings is 1. The molecule has 0 spiro atoms. The van der Waals surface area contributed by atoms with Crippen LogP contribution in [-0.2, 0) is 26.1 Å². The molecule has 3 aliphatic heterocycles. The summed E-state index contributed by atoms with van der Waals surface area (Å²) < 4.78 is 60.9. The van der Waals surface area contributed by atoms with Gasteiger partial charge in [0, 0.05) is 57.4 Å². The Bertz CT molecular complexity index is 2630. The summed E-state index contributed by atoms with van der Waals surface area (Å²) in [5.74, 6) is 5.31. The lowest BCUT2D eigenvalue weighted by Crippen LogP contribution is -2.54. The highest BCUT2D eigenvalue weighted by Crippen LogP contribution is 2.37. The predicted molar refractivity (Wildman–Crippen MR) is 228 cm³/mol. The maximum atomic E-state index is 16.1. The molecule has 338 valence electrons. The summed E-state index contributed by atoms with van der Waals surface area (Å²) in [6.07, 6.45) is 4.68. The Morgan fingerprint density at radius 3 is 2.72 bits per heavy atom. The number of piperidine rings is 2. The molecule has 1 aliphatic carbocycles. The molecule has 20 heteroatoms. The number of nitrogens with one attached hydrogen (secondary N) is 2. The molecule has 5 aromatic rings. The molecular weight excluding hydrogens is 834 g/mol. The number of imide groups is 1. The number of likely N-dealkylation sites (tertiary alicyclic amines) is 1. The molecule has 0 bridgehead atoms. The van der Waals surface area contributed by atoms with Crippen molar-refractivity contribution in [3.05, 3.63) is 65.4 Å². The van der Waals surface area contributed by atoms with Crippen LogP contribution in [0.2, 0.25) is 0 Å². The van der Waals surface area contributed by atoms with Gasteiger partial charge in [-0.2, -0.15) is 15.3 Å². The van der Waals surface area contributed by atoms with Gasteiger partial charge >= 0.3 is 0 Å². The van der Waals surface area contributed by atoms with E-state index in [-0.39, 0.29) is 54.3 Å². The number of para-hydroxylation sites is 1. The van der Waals surface area contributed by atoms with E-state index >= 15 is 4.39 Å². The number of halogens is 3. The molecule has 0 radical (unpaired) electrons. The fourth-order valence-corrected chi connectivity index (χ4v) is 9.66. The Morgan fingerprint density at radius 2 is 1.95 bits per heavy atom. The first kappa shape index (κ1) is 43.4. The van der Waals surface area contributed by atoms with Crippen LogP contribution in [0.4, 0.5) is 24.7 Å². The van der Waals surface area contributed by atoms with E-state index in [0.29, 0.717) is 81.5 Å². The summed E-state index contributed by atoms with van der Waals surface area (Å²) in [4.78, 5) is 46.5. The first-order chi connectivity index (χ1) is 30.8. The maximum absolute atomic E-state index is 16.1. The first-order valence-corrected chi connectivity index (χ1v) is 21.8. The van der Waals surface area contributed by atoms with Crippen molar-refractivity contribution >= 4 is 45.8 Å². The number of alkyl halides is 3. The zero-order valence-electron chi connectivity index (χ0n) is 35.7. The molecule has 4 atom stereocenters. The lowest BCUT2D eigenvalue weighted by atomic mass is 9.84. The van der Waals surface area contributed by atoms with Crippen molar-refractivity contribution in [1.82, 2.24) is 44.4 Å². The zero-order chi connectivity index (χ0) is 44.7. The second-order valence-electron chi connectivity index (χ2n) is 17.4. The number of amides is 3. The highest BCUT2D eigenvalue weighted by Gasteiger charge is 2.41. The molecule has 4 aliphatic rings. The summed E-state index contributed by atoms with van der Waals surface area (Å²) in [7, 11) is 1.79. The average Bonchev–Trinajstić information content (AvgIpc) is 3.98. The highest BCUT2D eigenvalue weighted by molar-refractivity contribution is 6.08. The molecule has 4 fully saturated rings. The van der Waals surface area contributed by atoms with Crippen LogP contribution in [0.5, 0.6) is 0 Å². The van der Waals surface area contributed by atoms with Gasteiger partial charge in [-0.1, -0.05) is 24.0 Å². The van der Waals surface area contributed by atoms with Crippen molar-refractivity contribution < 1.29 is 37.0 Å². The van der Waals surface area contributed by atoms with E-state index in [9.17, 15) is 23.2 Å². The fraction of sp³-hybridized carbons (Fsp3) is 0.523. The van der Waals surface area contributed by atoms with Gasteiger partial charge in [0.1, 0.15) is 29.9 Å². The minimum atomic E-state index is -2.91. The van der Waals surface area contributed by atoms with E-state index in [0.717, 1.165) is 23.7 Å². The Kier molecular flexibility index (Phi) is 12.2. The molecule has 7 heterocycles. The second-order valence-corrected chi connectivity index (χ2v) is 17.4. The van der Waals surface area contributed by atoms with Crippen LogP contribution in [0.15, 0.2) is 42.9 Å². The van der Waals surface area contributed by atoms with Gasteiger partial charge in [-0.25, -0.2) is 22.7 Å². The van der Waals surface area contributed by atoms with Crippen molar-refractivity contribution in [3.63, 3.8) is 0 Å². The summed E-state index contributed by atoms with van der Waals surface area (Å²) in [6, 6.07) is 7.24. The largest absolute Gasteiger partial charge is 0.362 e. The first-order valence-electron chi connectivity index (χ1n) is 21.8. The number of ether oxygens (including phenoxy) is 2. The van der Waals surface area contributed by atoms with Crippen molar-refractivity contribution in [2.24, 2.45) is 18.7 Å². The quantitative estimate of drug-likeness (QED) is 0.134. The second kappa shape index (κ2) is 17.9. The predicted octanol–water partition coefficient (Wildman–Crippen LogP) is 4.25. The topological polar surface area (TPSA) is 192 Å². The third kappa shape index (κ3) is 8.94. The summed E-state index contributed by atoms with van der Waals surface area (Å²) in [5.41, 5.74) is 6.26. The number of hydrogen-bond donors (Lipinski definition) is 3. The van der Waals surface area contributed by atoms with Crippen LogP contribution in [0.3, 0.4) is 0 Å². The van der Waals surface area contributed by atoms with E-state index in [1.54, 1.807) is 35.6 Å². The maximum Gasteiger partial charge on any atom is 0.284 e. The van der Waals surface area contributed by atoms with Gasteiger partial charge in [-0.15, -0.1) is 0 Å². The Balaban J connectivity index is 0.769. The number of fused-ring (bicyclic) bond motifs is 2. The fourth-order valence-electron chi connectivity index (χ4n) is 9.66. The van der Waals surface area contributed by atoms with E-state index in [2.05, 4.69) is 47.7 Å². The smallest absolute Gasteiger partial charge is 0.284 e. The number of hydrogen-bond acceptors (Lipinski definition) is 12. The zero-order valence-corrected chi connectivity index (χ0v) is 35.7. The lowest BCUT2D eigenvalue weighted by molar-refractivity contribution is -0.134. The van der Waals surface area contributed by atoms with Crippen molar-refractivity contribution in [2.75, 3.05) is 56.2 Å². The number of rotatable bonds is 10. The van der Waals surface area contributed by atoms with Crippen molar-refractivity contribution in [3.8, 4) is 11.8 Å². The number of nitrogens with two attached hydrogens (primary N) is 1. The number of aryl methyl sites for hydroxylation is 1. The number of anilines is 2. The highest BCUT2D eigenvalue weighted by atomic mass is 19.3. The molecule has 3 saturated heterocycles. The van der Waals surface area contributed by atoms with Gasteiger partial charge in [-0.3, -0.25) is 34.0 Å². The van der Waals surface area contributed by atoms with Crippen LogP contribution in [0.25, 0.3) is 16.6 Å². The third-order valence-corrected chi connectivity index (χ3v) is 12.9. The number of nitrogens with zero attached hydrogens (tertiary/aromatic N) is 9. The van der Waals surface area contributed by atoms with Gasteiger partial charge in [0.2, 0.25) is 11.8 Å². The van der Waals surface area contributed by atoms with Gasteiger partial charge in [-0.05, 0) is 63.5 Å². The number of carbonyl (C=O) groups is 3. The number of aromatic nitrogens is 7. The SMILES string of the molecule is Cn1nc(C2CCC(=O)NC2=O)c2cccc(C#CCO[C@H]3CCN(CC4CCC(n5cc(NC(=O)c6cnn7ccc(N8CCO[C@H](N)C8)nc67)c(C(F)F)n5)CC4)C[C@]3(C)F)c21. The van der Waals surface area contributed by atoms with Crippen LogP contribution < -0.4 is 21.3 Å². The van der Waals surface area contributed by atoms with Crippen LogP contribution >= 0.6 is 0 Å². The Labute approximate surface area is 366 Å². The van der Waals surface area contributed by atoms with Gasteiger partial charge in [0.05, 0.1) is 59.9 Å². The third-order valence-electron chi connectivity index (χ3n) is 12.9. The molecule has 4 N–H and O–H groups in total. The van der Waals surface area contributed by atoms with Crippen LogP contribution in [0.1, 0.15) is 97.6 Å².